The molecular weight excluding hydrogens is 697 g/mol. The molecule has 57 heavy (non-hydrogen) atoms. The first kappa shape index (κ1) is 33.1. The molecule has 0 unspecified atom stereocenters. The van der Waals surface area contributed by atoms with Gasteiger partial charge in [-0.25, -0.2) is 9.97 Å². The van der Waals surface area contributed by atoms with Crippen molar-refractivity contribution in [3.05, 3.63) is 176 Å². The summed E-state index contributed by atoms with van der Waals surface area (Å²) in [6.45, 7) is 6.85. The third kappa shape index (κ3) is 5.21. The maximum Gasteiger partial charge on any atom is 0.147 e. The minimum atomic E-state index is -0.106. The van der Waals surface area contributed by atoms with Gasteiger partial charge in [-0.15, -0.1) is 0 Å². The molecule has 0 radical (unpaired) electrons. The van der Waals surface area contributed by atoms with Gasteiger partial charge in [0.05, 0.1) is 27.6 Å². The number of pyridine rings is 2. The smallest absolute Gasteiger partial charge is 0.147 e. The molecule has 6 heteroatoms. The summed E-state index contributed by atoms with van der Waals surface area (Å²) in [6, 6.07) is 54.1. The molecule has 0 aliphatic carbocycles. The normalized spacial score (nSPS) is 12.1. The summed E-state index contributed by atoms with van der Waals surface area (Å²) < 4.78 is 4.63. The van der Waals surface area contributed by atoms with E-state index in [1.165, 1.54) is 32.7 Å². The highest BCUT2D eigenvalue weighted by molar-refractivity contribution is 6.14. The summed E-state index contributed by atoms with van der Waals surface area (Å²) in [5.41, 5.74) is 14.2. The Balaban J connectivity index is 1.19. The molecule has 0 spiro atoms. The molecule has 0 bridgehead atoms. The average molecular weight is 735 g/mol. The number of nitrogens with zero attached hydrogens (tertiary/aromatic N) is 5. The molecule has 6 nitrogen and oxygen atoms in total. The van der Waals surface area contributed by atoms with E-state index < -0.39 is 0 Å². The molecule has 0 saturated carbocycles. The number of rotatable bonds is 5. The van der Waals surface area contributed by atoms with Crippen molar-refractivity contribution in [2.75, 3.05) is 0 Å². The lowest BCUT2D eigenvalue weighted by Gasteiger charge is -2.24. The number of aromatic nitrogens is 6. The summed E-state index contributed by atoms with van der Waals surface area (Å²) in [7, 11) is 0. The molecule has 11 rings (SSSR count). The summed E-state index contributed by atoms with van der Waals surface area (Å²) in [5.74, 6) is 1.77. The van der Waals surface area contributed by atoms with Gasteiger partial charge in [0, 0.05) is 62.5 Å². The zero-order valence-electron chi connectivity index (χ0n) is 31.9. The van der Waals surface area contributed by atoms with E-state index in [1.54, 1.807) is 0 Å². The van der Waals surface area contributed by atoms with Gasteiger partial charge in [-0.05, 0) is 100 Å². The number of fused-ring (bicyclic) bond motifs is 7. The first-order valence-corrected chi connectivity index (χ1v) is 19.4. The van der Waals surface area contributed by atoms with Crippen molar-refractivity contribution in [2.45, 2.75) is 26.2 Å². The molecule has 0 aliphatic rings. The van der Waals surface area contributed by atoms with Gasteiger partial charge in [0.2, 0.25) is 0 Å². The van der Waals surface area contributed by atoms with E-state index in [0.29, 0.717) is 0 Å². The van der Waals surface area contributed by atoms with Crippen molar-refractivity contribution in [1.29, 1.82) is 0 Å². The Bertz CT molecular complexity index is 3310. The van der Waals surface area contributed by atoms with E-state index in [4.69, 9.17) is 9.97 Å². The lowest BCUT2D eigenvalue weighted by atomic mass is 9.81. The monoisotopic (exact) mass is 734 g/mol. The molecule has 11 aromatic rings. The first-order valence-electron chi connectivity index (χ1n) is 19.4. The van der Waals surface area contributed by atoms with Gasteiger partial charge in [0.25, 0.3) is 0 Å². The van der Waals surface area contributed by atoms with Crippen LogP contribution >= 0.6 is 0 Å². The largest absolute Gasteiger partial charge is 0.354 e. The fourth-order valence-electron chi connectivity index (χ4n) is 8.77. The number of nitrogens with one attached hydrogen (secondary N) is 1. The van der Waals surface area contributed by atoms with Crippen molar-refractivity contribution in [3.63, 3.8) is 0 Å². The van der Waals surface area contributed by atoms with Crippen LogP contribution < -0.4 is 0 Å². The Labute approximate surface area is 329 Å². The fourth-order valence-corrected chi connectivity index (χ4v) is 8.77. The third-order valence-corrected chi connectivity index (χ3v) is 11.4. The number of benzene rings is 6. The zero-order valence-corrected chi connectivity index (χ0v) is 31.9. The van der Waals surface area contributed by atoms with Crippen LogP contribution in [0.4, 0.5) is 0 Å². The van der Waals surface area contributed by atoms with E-state index in [0.717, 1.165) is 72.7 Å². The minimum Gasteiger partial charge on any atom is -0.354 e. The van der Waals surface area contributed by atoms with Crippen LogP contribution in [0.25, 0.3) is 99.8 Å². The number of imidazole rings is 1. The van der Waals surface area contributed by atoms with Crippen LogP contribution in [-0.2, 0) is 5.41 Å². The lowest BCUT2D eigenvalue weighted by Crippen LogP contribution is -2.13. The van der Waals surface area contributed by atoms with E-state index in [9.17, 15) is 0 Å². The number of aromatic amines is 1. The molecule has 0 fully saturated rings. The van der Waals surface area contributed by atoms with Gasteiger partial charge in [-0.2, -0.15) is 0 Å². The van der Waals surface area contributed by atoms with Gasteiger partial charge in [0.15, 0.2) is 0 Å². The van der Waals surface area contributed by atoms with E-state index >= 15 is 0 Å². The summed E-state index contributed by atoms with van der Waals surface area (Å²) in [6.07, 6.45) is 5.63. The molecule has 6 aromatic carbocycles. The highest BCUT2D eigenvalue weighted by Crippen LogP contribution is 2.43. The molecule has 272 valence electrons. The van der Waals surface area contributed by atoms with Crippen molar-refractivity contribution < 1.29 is 0 Å². The van der Waals surface area contributed by atoms with Gasteiger partial charge < -0.3 is 4.98 Å². The second kappa shape index (κ2) is 12.6. The Hall–Kier alpha value is -7.31. The molecule has 0 atom stereocenters. The zero-order chi connectivity index (χ0) is 38.3. The number of H-pyrrole nitrogens is 1. The Kier molecular flexibility index (Phi) is 7.32. The van der Waals surface area contributed by atoms with Crippen LogP contribution in [0, 0.1) is 0 Å². The average Bonchev–Trinajstić information content (AvgIpc) is 3.93. The van der Waals surface area contributed by atoms with Crippen LogP contribution in [-0.4, -0.2) is 29.1 Å². The summed E-state index contributed by atoms with van der Waals surface area (Å²) in [4.78, 5) is 18.5. The summed E-state index contributed by atoms with van der Waals surface area (Å²) in [5, 5.41) is 4.74. The molecule has 5 aromatic heterocycles. The maximum atomic E-state index is 5.56. The van der Waals surface area contributed by atoms with Crippen molar-refractivity contribution in [1.82, 2.24) is 29.1 Å². The second-order valence-corrected chi connectivity index (χ2v) is 15.8. The second-order valence-electron chi connectivity index (χ2n) is 15.8. The van der Waals surface area contributed by atoms with Crippen LogP contribution in [0.15, 0.2) is 170 Å². The minimum absolute atomic E-state index is 0.106. The Morgan fingerprint density at radius 1 is 0.509 bits per heavy atom. The van der Waals surface area contributed by atoms with Gasteiger partial charge in [-0.3, -0.25) is 14.1 Å². The first-order chi connectivity index (χ1) is 27.9. The predicted octanol–water partition coefficient (Wildman–Crippen LogP) is 12.8. The SMILES string of the molecule is CC(C)(C)c1cc2c(cc1-c1ccncc1)c1ccc(-c3cccc4c3nc(-c3cccc5c3[nH]c3ccccc35)n4-c3ccccc3)cc1n2-c1ccccn1. The number of hydrogen-bond acceptors (Lipinski definition) is 3. The van der Waals surface area contributed by atoms with Crippen molar-refractivity contribution in [3.8, 4) is 45.1 Å². The topological polar surface area (TPSA) is 64.3 Å². The number of para-hydroxylation sites is 4. The van der Waals surface area contributed by atoms with Crippen LogP contribution in [0.3, 0.4) is 0 Å². The molecule has 5 heterocycles. The van der Waals surface area contributed by atoms with Gasteiger partial charge in [0.1, 0.15) is 11.6 Å². The van der Waals surface area contributed by atoms with Crippen LogP contribution in [0.5, 0.6) is 0 Å². The van der Waals surface area contributed by atoms with E-state index in [2.05, 4.69) is 185 Å². The van der Waals surface area contributed by atoms with Crippen LogP contribution in [0.2, 0.25) is 0 Å². The van der Waals surface area contributed by atoms with Crippen molar-refractivity contribution in [2.24, 2.45) is 0 Å². The fraction of sp³-hybridized carbons (Fsp3) is 0.0784. The summed E-state index contributed by atoms with van der Waals surface area (Å²) >= 11 is 0. The molecule has 0 amide bonds. The third-order valence-electron chi connectivity index (χ3n) is 11.4. The molecule has 0 saturated heterocycles. The van der Waals surface area contributed by atoms with Crippen molar-refractivity contribution >= 4 is 54.6 Å². The van der Waals surface area contributed by atoms with Crippen LogP contribution in [0.1, 0.15) is 26.3 Å². The van der Waals surface area contributed by atoms with E-state index in [1.807, 2.05) is 24.7 Å². The highest BCUT2D eigenvalue weighted by atomic mass is 15.1. The highest BCUT2D eigenvalue weighted by Gasteiger charge is 2.25. The quantitative estimate of drug-likeness (QED) is 0.191. The standard InChI is InChI=1S/C51H38N6/c1-51(2,3)42-31-46-41(30-40(42)32-24-27-52-28-25-32)37-23-22-33(29-45(37)57(46)47-21-9-10-26-53-47)35-16-12-20-44-49(35)55-50(56(44)34-13-5-4-6-14-34)39-18-11-17-38-36-15-7-8-19-43(36)54-48(38)39/h4-31,54H,1-3H3. The Morgan fingerprint density at radius 2 is 1.26 bits per heavy atom. The predicted molar refractivity (Wildman–Crippen MR) is 235 cm³/mol. The van der Waals surface area contributed by atoms with Gasteiger partial charge in [-0.1, -0.05) is 99.6 Å². The van der Waals surface area contributed by atoms with Gasteiger partial charge >= 0.3 is 0 Å². The Morgan fingerprint density at radius 3 is 2.09 bits per heavy atom. The lowest BCUT2D eigenvalue weighted by molar-refractivity contribution is 0.592. The number of hydrogen-bond donors (Lipinski definition) is 1. The molecular formula is C51H38N6. The van der Waals surface area contributed by atoms with E-state index in [-0.39, 0.29) is 5.41 Å². The molecule has 1 N–H and O–H groups in total. The maximum absolute atomic E-state index is 5.56. The molecule has 0 aliphatic heterocycles.